The summed E-state index contributed by atoms with van der Waals surface area (Å²) in [5.41, 5.74) is -4.85. The van der Waals surface area contributed by atoms with Gasteiger partial charge in [0, 0.05) is 37.1 Å². The Labute approximate surface area is 309 Å². The summed E-state index contributed by atoms with van der Waals surface area (Å²) >= 11 is 0. The monoisotopic (exact) mass is 747 g/mol. The normalized spacial score (nSPS) is 49.8. The minimum Gasteiger partial charge on any atom is -0.792 e. The van der Waals surface area contributed by atoms with Crippen LogP contribution >= 0.6 is 0 Å². The Morgan fingerprint density at radius 2 is 1.56 bits per heavy atom. The highest BCUT2D eigenvalue weighted by atomic mass is 16.7. The first-order valence-corrected chi connectivity index (χ1v) is 18.7. The number of aliphatic hydroxyl groups excluding tert-OH is 3. The van der Waals surface area contributed by atoms with Crippen molar-refractivity contribution in [3.63, 3.8) is 0 Å². The second-order valence-electron chi connectivity index (χ2n) is 16.6. The Morgan fingerprint density at radius 1 is 0.942 bits per heavy atom. The first-order valence-electron chi connectivity index (χ1n) is 18.7. The minimum atomic E-state index is -1.99. The third kappa shape index (κ3) is 9.47. The molecular formula is C37H67N2O13-. The maximum atomic E-state index is 14.1. The van der Waals surface area contributed by atoms with E-state index < -0.39 is 102 Å². The van der Waals surface area contributed by atoms with E-state index in [9.17, 15) is 35.5 Å². The molecule has 3 saturated heterocycles. The molecular weight excluding hydrogens is 680 g/mol. The first kappa shape index (κ1) is 44.9. The lowest BCUT2D eigenvalue weighted by Gasteiger charge is -2.49. The van der Waals surface area contributed by atoms with Crippen LogP contribution in [0.2, 0.25) is 0 Å². The van der Waals surface area contributed by atoms with Crippen LogP contribution in [0.5, 0.6) is 0 Å². The Morgan fingerprint density at radius 3 is 2.10 bits per heavy atom. The fraction of sp³-hybridized carbons (Fsp3) is 0.946. The SMILES string of the molecule is CC[C@H]1OC(=O)[C@H](C)[C@@H](O[C@H]2C[C@@](C)(OC)[C@@H](O)[C@H](C)O2)[C@H](C)[C@@H](O[C@@H]2O[C@H](C)C[C@H](N(C)C)[C@H]2O)[C@](C)(O)C[C@@H](C)/C(=N\[O-])[C@H](C)[C@@H](O)[C@]1(C)O. The van der Waals surface area contributed by atoms with Crippen molar-refractivity contribution in [2.24, 2.45) is 28.8 Å². The van der Waals surface area contributed by atoms with E-state index in [1.807, 2.05) is 25.9 Å². The lowest BCUT2D eigenvalue weighted by Crippen LogP contribution is -2.61. The topological polar surface area (TPSA) is 212 Å². The van der Waals surface area contributed by atoms with Crippen molar-refractivity contribution in [2.75, 3.05) is 21.2 Å². The van der Waals surface area contributed by atoms with E-state index in [-0.39, 0.29) is 37.1 Å². The predicted octanol–water partition coefficient (Wildman–Crippen LogP) is 2.16. The highest BCUT2D eigenvalue weighted by molar-refractivity contribution is 5.89. The van der Waals surface area contributed by atoms with E-state index in [0.717, 1.165) is 0 Å². The lowest BCUT2D eigenvalue weighted by atomic mass is 9.73. The highest BCUT2D eigenvalue weighted by Crippen LogP contribution is 2.41. The molecule has 18 atom stereocenters. The van der Waals surface area contributed by atoms with Crippen LogP contribution in [-0.2, 0) is 33.2 Å². The van der Waals surface area contributed by atoms with Crippen LogP contribution in [0.4, 0.5) is 0 Å². The van der Waals surface area contributed by atoms with Crippen molar-refractivity contribution >= 4 is 11.7 Å². The van der Waals surface area contributed by atoms with Gasteiger partial charge in [0.2, 0.25) is 0 Å². The van der Waals surface area contributed by atoms with Crippen molar-refractivity contribution in [3.05, 3.63) is 5.21 Å². The highest BCUT2D eigenvalue weighted by Gasteiger charge is 2.53. The molecule has 52 heavy (non-hydrogen) atoms. The molecule has 15 heteroatoms. The van der Waals surface area contributed by atoms with Crippen LogP contribution in [0.1, 0.15) is 94.9 Å². The van der Waals surface area contributed by atoms with Gasteiger partial charge in [-0.05, 0) is 80.8 Å². The fourth-order valence-electron chi connectivity index (χ4n) is 8.59. The number of ether oxygens (including phenoxy) is 6. The van der Waals surface area contributed by atoms with Crippen molar-refractivity contribution < 1.29 is 58.7 Å². The molecule has 3 heterocycles. The maximum Gasteiger partial charge on any atom is 0.311 e. The summed E-state index contributed by atoms with van der Waals surface area (Å²) < 4.78 is 37.2. The Kier molecular flexibility index (Phi) is 15.1. The van der Waals surface area contributed by atoms with E-state index in [1.165, 1.54) is 21.0 Å². The van der Waals surface area contributed by atoms with Crippen LogP contribution < -0.4 is 0 Å². The zero-order valence-electron chi connectivity index (χ0n) is 33.4. The minimum absolute atomic E-state index is 0.00360. The average Bonchev–Trinajstić information content (AvgIpc) is 3.06. The molecule has 304 valence electrons. The molecule has 3 aliphatic heterocycles. The van der Waals surface area contributed by atoms with Crippen LogP contribution in [-0.4, -0.2) is 148 Å². The van der Waals surface area contributed by atoms with Gasteiger partial charge in [0.25, 0.3) is 0 Å². The second kappa shape index (κ2) is 17.5. The van der Waals surface area contributed by atoms with Gasteiger partial charge in [-0.2, -0.15) is 0 Å². The molecule has 15 nitrogen and oxygen atoms in total. The van der Waals surface area contributed by atoms with Crippen LogP contribution in [0.3, 0.4) is 0 Å². The summed E-state index contributed by atoms with van der Waals surface area (Å²) in [5.74, 6) is -4.40. The number of cyclic esters (lactones) is 1. The van der Waals surface area contributed by atoms with Gasteiger partial charge in [-0.15, -0.1) is 0 Å². The summed E-state index contributed by atoms with van der Waals surface area (Å²) in [6.45, 7) is 16.4. The molecule has 0 spiro atoms. The summed E-state index contributed by atoms with van der Waals surface area (Å²) in [7, 11) is 5.17. The van der Waals surface area contributed by atoms with Gasteiger partial charge < -0.3 is 69.2 Å². The summed E-state index contributed by atoms with van der Waals surface area (Å²) in [6.07, 6.45) is -9.72. The molecule has 0 aromatic heterocycles. The fourth-order valence-corrected chi connectivity index (χ4v) is 8.59. The Hall–Kier alpha value is -1.50. The smallest absolute Gasteiger partial charge is 0.311 e. The third-order valence-electron chi connectivity index (χ3n) is 12.0. The van der Waals surface area contributed by atoms with Gasteiger partial charge in [-0.3, -0.25) is 4.79 Å². The molecule has 0 bridgehead atoms. The van der Waals surface area contributed by atoms with Crippen LogP contribution in [0, 0.1) is 28.9 Å². The molecule has 0 amide bonds. The van der Waals surface area contributed by atoms with Crippen LogP contribution in [0.25, 0.3) is 0 Å². The number of rotatable bonds is 7. The number of carbonyl (C=O) groups is 1. The van der Waals surface area contributed by atoms with E-state index in [4.69, 9.17) is 28.4 Å². The summed E-state index contributed by atoms with van der Waals surface area (Å²) in [5, 5.41) is 73.6. The molecule has 0 unspecified atom stereocenters. The van der Waals surface area contributed by atoms with Crippen molar-refractivity contribution in [3.8, 4) is 0 Å². The molecule has 0 radical (unpaired) electrons. The zero-order chi connectivity index (χ0) is 39.7. The maximum absolute atomic E-state index is 14.1. The van der Waals surface area contributed by atoms with Gasteiger partial charge in [-0.1, -0.05) is 27.7 Å². The van der Waals surface area contributed by atoms with E-state index in [0.29, 0.717) is 6.42 Å². The molecule has 0 aromatic rings. The molecule has 0 aromatic carbocycles. The van der Waals surface area contributed by atoms with Crippen molar-refractivity contribution in [1.82, 2.24) is 4.90 Å². The van der Waals surface area contributed by atoms with Crippen molar-refractivity contribution in [2.45, 2.75) is 179 Å². The molecule has 0 saturated carbocycles. The van der Waals surface area contributed by atoms with E-state index in [2.05, 4.69) is 5.16 Å². The quantitative estimate of drug-likeness (QED) is 0.187. The van der Waals surface area contributed by atoms with Gasteiger partial charge in [0.15, 0.2) is 12.6 Å². The van der Waals surface area contributed by atoms with E-state index >= 15 is 0 Å². The molecule has 3 aliphatic rings. The predicted molar refractivity (Wildman–Crippen MR) is 192 cm³/mol. The average molecular weight is 748 g/mol. The number of hydrogen-bond donors (Lipinski definition) is 5. The number of hydrogen-bond acceptors (Lipinski definition) is 15. The number of nitrogens with zero attached hydrogens (tertiary/aromatic N) is 2. The van der Waals surface area contributed by atoms with Gasteiger partial charge in [0.1, 0.15) is 23.9 Å². The first-order chi connectivity index (χ1) is 24.0. The standard InChI is InChI=1S/C37H68N2O13/c1-14-25-37(10,45)30(41)20(4)27(38-46)18(2)16-35(8,44)32(52-34-28(40)24(39(11)12)15-19(3)48-34)21(5)29(22(6)33(43)50-25)51-26-17-36(9,47-13)31(42)23(7)49-26/h18-26,28-32,34,40-42,44-46H,14-17H2,1-13H3/p-1/b38-27+/t18-,19-,20+,21+,22-,23+,24+,25-,26+,28-,29+,30-,31+,32-,34+,35-,36-,37-/m1/s1. The van der Waals surface area contributed by atoms with E-state index in [1.54, 1.807) is 48.5 Å². The molecule has 5 N–H and O–H groups in total. The molecule has 3 rings (SSSR count). The third-order valence-corrected chi connectivity index (χ3v) is 12.0. The summed E-state index contributed by atoms with van der Waals surface area (Å²) in [6, 6.07) is -0.331. The van der Waals surface area contributed by atoms with Gasteiger partial charge >= 0.3 is 5.97 Å². The number of likely N-dealkylation sites (N-methyl/N-ethyl adjacent to an activating group) is 1. The number of methoxy groups -OCH3 is 1. The molecule has 3 fully saturated rings. The van der Waals surface area contributed by atoms with Gasteiger partial charge in [0.05, 0.1) is 47.6 Å². The number of aliphatic hydroxyl groups is 5. The Balaban J connectivity index is 2.21. The lowest BCUT2D eigenvalue weighted by molar-refractivity contribution is -0.317. The Bertz CT molecular complexity index is 1200. The van der Waals surface area contributed by atoms with Crippen LogP contribution in [0.15, 0.2) is 5.16 Å². The largest absolute Gasteiger partial charge is 0.792 e. The number of carbonyl (C=O) groups excluding carboxylic acids is 1. The zero-order valence-corrected chi connectivity index (χ0v) is 33.4. The van der Waals surface area contributed by atoms with Crippen molar-refractivity contribution in [1.29, 1.82) is 0 Å². The second-order valence-corrected chi connectivity index (χ2v) is 16.6. The summed E-state index contributed by atoms with van der Waals surface area (Å²) in [4.78, 5) is 16.0. The van der Waals surface area contributed by atoms with Gasteiger partial charge in [-0.25, -0.2) is 0 Å². The number of esters is 1. The molecule has 0 aliphatic carbocycles.